The summed E-state index contributed by atoms with van der Waals surface area (Å²) in [6, 6.07) is 3.24. The number of quaternary nitrogens is 1. The molecule has 0 radical (unpaired) electrons. The first kappa shape index (κ1) is 18.7. The molecule has 0 saturated carbocycles. The normalized spacial score (nSPS) is 17.4. The van der Waals surface area contributed by atoms with Crippen LogP contribution in [-0.2, 0) is 16.7 Å². The van der Waals surface area contributed by atoms with Crippen molar-refractivity contribution in [3.63, 3.8) is 0 Å². The van der Waals surface area contributed by atoms with Crippen LogP contribution in [0.2, 0.25) is 0 Å². The van der Waals surface area contributed by atoms with Gasteiger partial charge in [-0.3, -0.25) is 4.79 Å². The predicted molar refractivity (Wildman–Crippen MR) is 99.7 cm³/mol. The zero-order valence-electron chi connectivity index (χ0n) is 15.8. The number of hydrogen-bond acceptors (Lipinski definition) is 5. The minimum absolute atomic E-state index is 0.0545. The number of carbonyl (C=O) groups excluding carboxylic acids is 2. The van der Waals surface area contributed by atoms with Gasteiger partial charge in [-0.15, -0.1) is 11.3 Å². The van der Waals surface area contributed by atoms with Gasteiger partial charge in [-0.1, -0.05) is 0 Å². The maximum Gasteiger partial charge on any atom is 0.341 e. The van der Waals surface area contributed by atoms with Gasteiger partial charge in [-0.25, -0.2) is 4.79 Å². The van der Waals surface area contributed by atoms with E-state index in [-0.39, 0.29) is 29.4 Å². The molecule has 0 saturated heterocycles. The molecule has 6 nitrogen and oxygen atoms in total. The maximum absolute atomic E-state index is 12.7. The van der Waals surface area contributed by atoms with E-state index in [4.69, 9.17) is 9.15 Å². The third-order valence-electron chi connectivity index (χ3n) is 4.43. The van der Waals surface area contributed by atoms with Gasteiger partial charge >= 0.3 is 5.97 Å². The Balaban J connectivity index is 2.08. The Morgan fingerprint density at radius 1 is 1.35 bits per heavy atom. The van der Waals surface area contributed by atoms with Crippen molar-refractivity contribution in [2.75, 3.05) is 11.9 Å². The van der Waals surface area contributed by atoms with Crippen LogP contribution in [0.25, 0.3) is 0 Å². The van der Waals surface area contributed by atoms with Crippen molar-refractivity contribution < 1.29 is 24.1 Å². The topological polar surface area (TPSA) is 85.1 Å². The smallest absolute Gasteiger partial charge is 0.341 e. The molecule has 2 aromatic rings. The number of furan rings is 1. The van der Waals surface area contributed by atoms with Crippen LogP contribution in [0, 0.1) is 0 Å². The van der Waals surface area contributed by atoms with Gasteiger partial charge in [-0.2, -0.15) is 0 Å². The molecule has 1 amide bonds. The lowest BCUT2D eigenvalue weighted by molar-refractivity contribution is -0.789. The van der Waals surface area contributed by atoms with E-state index in [9.17, 15) is 9.59 Å². The van der Waals surface area contributed by atoms with E-state index in [0.29, 0.717) is 10.6 Å². The lowest BCUT2D eigenvalue weighted by atomic mass is 9.81. The molecular weight excluding hydrogens is 352 g/mol. The van der Waals surface area contributed by atoms with Crippen molar-refractivity contribution in [1.82, 2.24) is 0 Å². The van der Waals surface area contributed by atoms with Gasteiger partial charge in [0.2, 0.25) is 0 Å². The van der Waals surface area contributed by atoms with E-state index in [1.165, 1.54) is 17.6 Å². The molecule has 0 spiro atoms. The van der Waals surface area contributed by atoms with Gasteiger partial charge in [0.15, 0.2) is 5.76 Å². The Kier molecular flexibility index (Phi) is 4.71. The summed E-state index contributed by atoms with van der Waals surface area (Å²) in [7, 11) is 0. The quantitative estimate of drug-likeness (QED) is 0.803. The molecule has 0 atom stereocenters. The average molecular weight is 377 g/mol. The summed E-state index contributed by atoms with van der Waals surface area (Å²) < 4.78 is 10.4. The van der Waals surface area contributed by atoms with Crippen LogP contribution in [0.5, 0.6) is 0 Å². The van der Waals surface area contributed by atoms with E-state index in [2.05, 4.69) is 38.3 Å². The third-order valence-corrected chi connectivity index (χ3v) is 5.91. The fraction of sp³-hybridized carbons (Fsp3) is 0.474. The standard InChI is InChI=1S/C19H24N2O4S/c1-6-24-17(23)13-11-10-18(2,3)21-19(4,5)14(11)26-16(13)20-15(22)12-8-7-9-25-12/h7-9,21H,6,10H2,1-5H3,(H,20,22)/p+1. The van der Waals surface area contributed by atoms with Crippen LogP contribution < -0.4 is 10.6 Å². The molecule has 7 heteroatoms. The number of amides is 1. The Morgan fingerprint density at radius 3 is 2.69 bits per heavy atom. The molecule has 1 aliphatic heterocycles. The molecule has 0 aromatic carbocycles. The minimum Gasteiger partial charge on any atom is -0.462 e. The zero-order valence-corrected chi connectivity index (χ0v) is 16.6. The van der Waals surface area contributed by atoms with Gasteiger partial charge in [0, 0.05) is 6.42 Å². The largest absolute Gasteiger partial charge is 0.462 e. The van der Waals surface area contributed by atoms with E-state index < -0.39 is 5.97 Å². The highest BCUT2D eigenvalue weighted by Crippen LogP contribution is 2.42. The number of rotatable bonds is 4. The van der Waals surface area contributed by atoms with Crippen LogP contribution in [-0.4, -0.2) is 24.0 Å². The van der Waals surface area contributed by atoms with Crippen molar-refractivity contribution >= 4 is 28.2 Å². The van der Waals surface area contributed by atoms with Gasteiger partial charge in [0.1, 0.15) is 10.5 Å². The molecule has 3 N–H and O–H groups in total. The molecule has 3 rings (SSSR count). The monoisotopic (exact) mass is 377 g/mol. The number of anilines is 1. The Morgan fingerprint density at radius 2 is 2.08 bits per heavy atom. The van der Waals surface area contributed by atoms with Gasteiger partial charge < -0.3 is 19.8 Å². The zero-order chi connectivity index (χ0) is 19.1. The van der Waals surface area contributed by atoms with Crippen LogP contribution in [0.4, 0.5) is 5.00 Å². The summed E-state index contributed by atoms with van der Waals surface area (Å²) in [5.74, 6) is -0.564. The molecule has 26 heavy (non-hydrogen) atoms. The molecule has 1 aliphatic rings. The summed E-state index contributed by atoms with van der Waals surface area (Å²) in [6.45, 7) is 10.6. The van der Waals surface area contributed by atoms with Crippen molar-refractivity contribution in [3.8, 4) is 0 Å². The third kappa shape index (κ3) is 3.41. The second kappa shape index (κ2) is 6.55. The molecule has 0 unspecified atom stereocenters. The van der Waals surface area contributed by atoms with Crippen LogP contribution in [0.1, 0.15) is 66.0 Å². The Bertz CT molecular complexity index is 834. The first-order chi connectivity index (χ1) is 12.1. The molecule has 2 aromatic heterocycles. The van der Waals surface area contributed by atoms with Gasteiger partial charge in [0.05, 0.1) is 28.8 Å². The Hall–Kier alpha value is -2.12. The molecular formula is C19H25N2O4S+. The van der Waals surface area contributed by atoms with E-state index in [0.717, 1.165) is 16.9 Å². The highest BCUT2D eigenvalue weighted by Gasteiger charge is 2.45. The lowest BCUT2D eigenvalue weighted by Crippen LogP contribution is -3.03. The van der Waals surface area contributed by atoms with Crippen LogP contribution in [0.15, 0.2) is 22.8 Å². The number of esters is 1. The lowest BCUT2D eigenvalue weighted by Gasteiger charge is -2.38. The summed E-state index contributed by atoms with van der Waals surface area (Å²) in [5.41, 5.74) is 1.19. The van der Waals surface area contributed by atoms with Crippen molar-refractivity contribution in [3.05, 3.63) is 40.2 Å². The van der Waals surface area contributed by atoms with E-state index >= 15 is 0 Å². The average Bonchev–Trinajstić information content (AvgIpc) is 3.13. The fourth-order valence-electron chi connectivity index (χ4n) is 3.78. The fourth-order valence-corrected chi connectivity index (χ4v) is 5.06. The first-order valence-corrected chi connectivity index (χ1v) is 9.51. The SMILES string of the molecule is CCOC(=O)c1c(NC(=O)c2ccco2)sc2c1CC(C)(C)[NH2+]C2(C)C. The summed E-state index contributed by atoms with van der Waals surface area (Å²) >= 11 is 1.44. The summed E-state index contributed by atoms with van der Waals surface area (Å²) in [6.07, 6.45) is 2.17. The number of thiophene rings is 1. The molecule has 140 valence electrons. The minimum atomic E-state index is -0.395. The second-order valence-corrected chi connectivity index (χ2v) is 8.82. The van der Waals surface area contributed by atoms with Crippen molar-refractivity contribution in [2.24, 2.45) is 0 Å². The van der Waals surface area contributed by atoms with Gasteiger partial charge in [-0.05, 0) is 52.3 Å². The summed E-state index contributed by atoms with van der Waals surface area (Å²) in [4.78, 5) is 26.2. The molecule has 0 aliphatic carbocycles. The number of carbonyl (C=O) groups is 2. The predicted octanol–water partition coefficient (Wildman–Crippen LogP) is 2.90. The van der Waals surface area contributed by atoms with Crippen LogP contribution >= 0.6 is 11.3 Å². The highest BCUT2D eigenvalue weighted by atomic mass is 32.1. The van der Waals surface area contributed by atoms with Crippen molar-refractivity contribution in [1.29, 1.82) is 0 Å². The van der Waals surface area contributed by atoms with E-state index in [1.54, 1.807) is 19.1 Å². The Labute approximate surface area is 156 Å². The molecule has 0 bridgehead atoms. The first-order valence-electron chi connectivity index (χ1n) is 8.70. The highest BCUT2D eigenvalue weighted by molar-refractivity contribution is 7.17. The van der Waals surface area contributed by atoms with Crippen LogP contribution in [0.3, 0.4) is 0 Å². The number of nitrogens with one attached hydrogen (secondary N) is 1. The van der Waals surface area contributed by atoms with Gasteiger partial charge in [0.25, 0.3) is 5.91 Å². The molecule has 3 heterocycles. The molecule has 0 fully saturated rings. The maximum atomic E-state index is 12.7. The van der Waals surface area contributed by atoms with E-state index in [1.807, 2.05) is 0 Å². The summed E-state index contributed by atoms with van der Waals surface area (Å²) in [5, 5.41) is 5.68. The second-order valence-electron chi connectivity index (χ2n) is 7.80. The number of ether oxygens (including phenoxy) is 1. The number of fused-ring (bicyclic) bond motifs is 1. The van der Waals surface area contributed by atoms with Crippen molar-refractivity contribution in [2.45, 2.75) is 52.1 Å². The number of hydrogen-bond donors (Lipinski definition) is 2. The number of nitrogens with two attached hydrogens (primary N) is 1.